The standard InChI is InChI=1S/C23H20ClN5O2/c1-14-16(9-5-10-17(14)24)21-27-22(31-28-21)18-11-6-12-29(18)23(30)20-19(25-13-26-20)15-7-3-2-4-8-15/h2-5,7-10,13,18H,6,11-12H2,1H3,(H,25,26). The van der Waals surface area contributed by atoms with Crippen LogP contribution in [0.3, 0.4) is 0 Å². The highest BCUT2D eigenvalue weighted by molar-refractivity contribution is 6.31. The molecule has 4 aromatic rings. The first-order valence-corrected chi connectivity index (χ1v) is 10.5. The summed E-state index contributed by atoms with van der Waals surface area (Å²) < 4.78 is 5.59. The molecule has 2 aromatic heterocycles. The van der Waals surface area contributed by atoms with Crippen LogP contribution in [0.15, 0.2) is 59.4 Å². The summed E-state index contributed by atoms with van der Waals surface area (Å²) >= 11 is 6.24. The number of hydrogen-bond donors (Lipinski definition) is 1. The van der Waals surface area contributed by atoms with Gasteiger partial charge in [0.05, 0.1) is 6.33 Å². The first-order valence-electron chi connectivity index (χ1n) is 10.1. The molecule has 1 amide bonds. The normalized spacial score (nSPS) is 16.1. The Hall–Kier alpha value is -3.45. The molecule has 8 heteroatoms. The van der Waals surface area contributed by atoms with Crippen molar-refractivity contribution in [2.24, 2.45) is 0 Å². The molecule has 0 saturated carbocycles. The molecule has 1 unspecified atom stereocenters. The summed E-state index contributed by atoms with van der Waals surface area (Å²) in [5, 5.41) is 4.80. The monoisotopic (exact) mass is 433 g/mol. The minimum absolute atomic E-state index is 0.127. The second kappa shape index (κ2) is 8.00. The van der Waals surface area contributed by atoms with E-state index in [1.807, 2.05) is 55.5 Å². The van der Waals surface area contributed by atoms with Crippen molar-refractivity contribution in [1.29, 1.82) is 0 Å². The number of halogens is 1. The highest BCUT2D eigenvalue weighted by atomic mass is 35.5. The Morgan fingerprint density at radius 3 is 2.87 bits per heavy atom. The molecule has 2 aromatic carbocycles. The summed E-state index contributed by atoms with van der Waals surface area (Å²) in [5.74, 6) is 0.777. The molecule has 5 rings (SSSR count). The van der Waals surface area contributed by atoms with Crippen LogP contribution in [0.1, 0.15) is 40.8 Å². The number of H-pyrrole nitrogens is 1. The zero-order valence-electron chi connectivity index (χ0n) is 16.9. The maximum absolute atomic E-state index is 13.4. The highest BCUT2D eigenvalue weighted by Gasteiger charge is 2.36. The van der Waals surface area contributed by atoms with Gasteiger partial charge in [0, 0.05) is 22.7 Å². The lowest BCUT2D eigenvalue weighted by molar-refractivity contribution is 0.0705. The maximum Gasteiger partial charge on any atom is 0.273 e. The number of aromatic nitrogens is 4. The van der Waals surface area contributed by atoms with Gasteiger partial charge in [-0.1, -0.05) is 59.2 Å². The molecule has 1 fully saturated rings. The van der Waals surface area contributed by atoms with Crippen LogP contribution in [0.5, 0.6) is 0 Å². The van der Waals surface area contributed by atoms with E-state index in [1.165, 1.54) is 0 Å². The summed E-state index contributed by atoms with van der Waals surface area (Å²) in [6.07, 6.45) is 3.17. The number of nitrogens with one attached hydrogen (secondary N) is 1. The lowest BCUT2D eigenvalue weighted by Gasteiger charge is -2.21. The van der Waals surface area contributed by atoms with Crippen molar-refractivity contribution in [3.63, 3.8) is 0 Å². The topological polar surface area (TPSA) is 87.9 Å². The zero-order chi connectivity index (χ0) is 21.4. The Morgan fingerprint density at radius 2 is 2.03 bits per heavy atom. The first kappa shape index (κ1) is 19.5. The van der Waals surface area contributed by atoms with Gasteiger partial charge in [-0.05, 0) is 31.4 Å². The van der Waals surface area contributed by atoms with Gasteiger partial charge in [-0.3, -0.25) is 4.79 Å². The van der Waals surface area contributed by atoms with Crippen molar-refractivity contribution in [3.8, 4) is 22.6 Å². The number of benzene rings is 2. The quantitative estimate of drug-likeness (QED) is 0.485. The molecular formula is C23H20ClN5O2. The van der Waals surface area contributed by atoms with E-state index in [1.54, 1.807) is 11.2 Å². The minimum atomic E-state index is -0.278. The predicted molar refractivity (Wildman–Crippen MR) is 117 cm³/mol. The Morgan fingerprint density at radius 1 is 1.19 bits per heavy atom. The number of aromatic amines is 1. The molecule has 1 atom stereocenters. The fourth-order valence-electron chi connectivity index (χ4n) is 4.01. The largest absolute Gasteiger partial charge is 0.340 e. The number of nitrogens with zero attached hydrogens (tertiary/aromatic N) is 4. The van der Waals surface area contributed by atoms with Gasteiger partial charge in [0.25, 0.3) is 5.91 Å². The molecular weight excluding hydrogens is 414 g/mol. The van der Waals surface area contributed by atoms with E-state index >= 15 is 0 Å². The van der Waals surface area contributed by atoms with Gasteiger partial charge in [-0.15, -0.1) is 0 Å². The molecule has 3 heterocycles. The molecule has 0 radical (unpaired) electrons. The van der Waals surface area contributed by atoms with Crippen LogP contribution in [0.4, 0.5) is 0 Å². The van der Waals surface area contributed by atoms with Gasteiger partial charge in [0.1, 0.15) is 17.4 Å². The van der Waals surface area contributed by atoms with Crippen molar-refractivity contribution in [2.45, 2.75) is 25.8 Å². The van der Waals surface area contributed by atoms with Crippen LogP contribution in [-0.4, -0.2) is 37.5 Å². The van der Waals surface area contributed by atoms with Gasteiger partial charge >= 0.3 is 0 Å². The van der Waals surface area contributed by atoms with Gasteiger partial charge < -0.3 is 14.4 Å². The number of carbonyl (C=O) groups is 1. The molecule has 0 aliphatic carbocycles. The molecule has 7 nitrogen and oxygen atoms in total. The van der Waals surface area contributed by atoms with E-state index in [-0.39, 0.29) is 11.9 Å². The third-order valence-electron chi connectivity index (χ3n) is 5.65. The number of rotatable bonds is 4. The Balaban J connectivity index is 1.44. The lowest BCUT2D eigenvalue weighted by Crippen LogP contribution is -2.31. The first-order chi connectivity index (χ1) is 15.1. The highest BCUT2D eigenvalue weighted by Crippen LogP contribution is 2.35. The number of carbonyl (C=O) groups excluding carboxylic acids is 1. The SMILES string of the molecule is Cc1c(Cl)cccc1-c1noc(C2CCCN2C(=O)c2[nH]cnc2-c2ccccc2)n1. The Labute approximate surface area is 184 Å². The smallest absolute Gasteiger partial charge is 0.273 e. The molecule has 0 spiro atoms. The van der Waals surface area contributed by atoms with Crippen LogP contribution >= 0.6 is 11.6 Å². The summed E-state index contributed by atoms with van der Waals surface area (Å²) in [6.45, 7) is 2.53. The van der Waals surface area contributed by atoms with Crippen LogP contribution in [0.2, 0.25) is 5.02 Å². The zero-order valence-corrected chi connectivity index (χ0v) is 17.6. The molecule has 1 aliphatic heterocycles. The van der Waals surface area contributed by atoms with Crippen LogP contribution in [0.25, 0.3) is 22.6 Å². The Kier molecular flexibility index (Phi) is 5.03. The van der Waals surface area contributed by atoms with Gasteiger partial charge in [-0.25, -0.2) is 4.98 Å². The number of amides is 1. The molecule has 1 saturated heterocycles. The molecule has 0 bridgehead atoms. The number of imidazole rings is 1. The van der Waals surface area contributed by atoms with E-state index in [2.05, 4.69) is 20.1 Å². The predicted octanol–water partition coefficient (Wildman–Crippen LogP) is 5.07. The summed E-state index contributed by atoms with van der Waals surface area (Å²) in [6, 6.07) is 15.0. The molecule has 156 valence electrons. The van der Waals surface area contributed by atoms with E-state index in [0.717, 1.165) is 29.5 Å². The summed E-state index contributed by atoms with van der Waals surface area (Å²) in [4.78, 5) is 27.2. The summed E-state index contributed by atoms with van der Waals surface area (Å²) in [5.41, 5.74) is 3.69. The summed E-state index contributed by atoms with van der Waals surface area (Å²) in [7, 11) is 0. The maximum atomic E-state index is 13.4. The molecule has 31 heavy (non-hydrogen) atoms. The minimum Gasteiger partial charge on any atom is -0.340 e. The van der Waals surface area contributed by atoms with Gasteiger partial charge in [0.15, 0.2) is 0 Å². The molecule has 1 N–H and O–H groups in total. The van der Waals surface area contributed by atoms with Crippen molar-refractivity contribution in [3.05, 3.63) is 77.0 Å². The average molecular weight is 434 g/mol. The van der Waals surface area contributed by atoms with Crippen LogP contribution < -0.4 is 0 Å². The van der Waals surface area contributed by atoms with E-state index in [4.69, 9.17) is 16.1 Å². The number of hydrogen-bond acceptors (Lipinski definition) is 5. The van der Waals surface area contributed by atoms with Crippen LogP contribution in [0, 0.1) is 6.92 Å². The second-order valence-electron chi connectivity index (χ2n) is 7.52. The third kappa shape index (κ3) is 3.51. The Bertz CT molecular complexity index is 1230. The van der Waals surface area contributed by atoms with Gasteiger partial charge in [0.2, 0.25) is 11.7 Å². The van der Waals surface area contributed by atoms with Crippen molar-refractivity contribution < 1.29 is 9.32 Å². The average Bonchev–Trinajstić information content (AvgIpc) is 3.55. The van der Waals surface area contributed by atoms with Crippen molar-refractivity contribution in [2.75, 3.05) is 6.54 Å². The van der Waals surface area contributed by atoms with E-state index < -0.39 is 0 Å². The van der Waals surface area contributed by atoms with E-state index in [0.29, 0.717) is 34.7 Å². The number of likely N-dealkylation sites (tertiary alicyclic amines) is 1. The van der Waals surface area contributed by atoms with E-state index in [9.17, 15) is 4.79 Å². The van der Waals surface area contributed by atoms with Crippen LogP contribution in [-0.2, 0) is 0 Å². The fraction of sp³-hybridized carbons (Fsp3) is 0.217. The molecule has 1 aliphatic rings. The van der Waals surface area contributed by atoms with Crippen molar-refractivity contribution >= 4 is 17.5 Å². The fourth-order valence-corrected chi connectivity index (χ4v) is 4.19. The third-order valence-corrected chi connectivity index (χ3v) is 6.06. The van der Waals surface area contributed by atoms with Crippen molar-refractivity contribution in [1.82, 2.24) is 25.0 Å². The van der Waals surface area contributed by atoms with Gasteiger partial charge in [-0.2, -0.15) is 4.98 Å². The lowest BCUT2D eigenvalue weighted by atomic mass is 10.1. The second-order valence-corrected chi connectivity index (χ2v) is 7.92.